The van der Waals surface area contributed by atoms with Crippen molar-refractivity contribution < 1.29 is 9.13 Å². The van der Waals surface area contributed by atoms with Crippen molar-refractivity contribution in [3.8, 4) is 11.6 Å². The van der Waals surface area contributed by atoms with Crippen LogP contribution in [0.3, 0.4) is 0 Å². The highest BCUT2D eigenvalue weighted by Gasteiger charge is 2.29. The molecule has 1 unspecified atom stereocenters. The van der Waals surface area contributed by atoms with Gasteiger partial charge < -0.3 is 4.74 Å². The van der Waals surface area contributed by atoms with Gasteiger partial charge in [-0.15, -0.1) is 0 Å². The summed E-state index contributed by atoms with van der Waals surface area (Å²) >= 11 is 0. The van der Waals surface area contributed by atoms with E-state index < -0.39 is 0 Å². The summed E-state index contributed by atoms with van der Waals surface area (Å²) in [6.07, 6.45) is 3.78. The molecule has 1 aliphatic rings. The van der Waals surface area contributed by atoms with E-state index in [1.165, 1.54) is 12.1 Å². The van der Waals surface area contributed by atoms with Crippen LogP contribution in [0.4, 0.5) is 4.39 Å². The van der Waals surface area contributed by atoms with Crippen LogP contribution < -0.4 is 10.2 Å². The van der Waals surface area contributed by atoms with Gasteiger partial charge in [-0.1, -0.05) is 31.9 Å². The number of unbranched alkanes of at least 4 members (excludes halogenated alkanes) is 1. The molecule has 0 saturated heterocycles. The summed E-state index contributed by atoms with van der Waals surface area (Å²) < 4.78 is 21.5. The van der Waals surface area contributed by atoms with Crippen molar-refractivity contribution in [3.63, 3.8) is 0 Å². The van der Waals surface area contributed by atoms with Crippen LogP contribution in [0, 0.1) is 5.82 Å². The Kier molecular flexibility index (Phi) is 4.04. The Hall–Kier alpha value is -2.62. The average molecular weight is 337 g/mol. The first-order valence-electron chi connectivity index (χ1n) is 8.78. The molecule has 3 aromatic rings. The fourth-order valence-electron chi connectivity index (χ4n) is 3.54. The van der Waals surface area contributed by atoms with Crippen LogP contribution in [-0.4, -0.2) is 10.7 Å². The smallest absolute Gasteiger partial charge is 0.206 e. The lowest BCUT2D eigenvalue weighted by Gasteiger charge is -2.17. The van der Waals surface area contributed by atoms with Crippen LogP contribution in [0.1, 0.15) is 31.7 Å². The van der Waals surface area contributed by atoms with E-state index in [9.17, 15) is 9.18 Å². The number of pyridine rings is 1. The second kappa shape index (κ2) is 6.36. The van der Waals surface area contributed by atoms with E-state index in [1.807, 2.05) is 28.8 Å². The lowest BCUT2D eigenvalue weighted by molar-refractivity contribution is 0.207. The van der Waals surface area contributed by atoms with Crippen LogP contribution in [0.15, 0.2) is 53.3 Å². The van der Waals surface area contributed by atoms with Gasteiger partial charge in [0.25, 0.3) is 0 Å². The van der Waals surface area contributed by atoms with Crippen molar-refractivity contribution in [2.45, 2.75) is 38.7 Å². The van der Waals surface area contributed by atoms with Gasteiger partial charge >= 0.3 is 0 Å². The number of hydrogen-bond acceptors (Lipinski definition) is 2. The number of fused-ring (bicyclic) bond motifs is 2. The van der Waals surface area contributed by atoms with E-state index in [1.54, 1.807) is 12.1 Å². The number of rotatable bonds is 4. The molecule has 4 rings (SSSR count). The topological polar surface area (TPSA) is 31.2 Å². The Morgan fingerprint density at radius 2 is 1.92 bits per heavy atom. The molecule has 0 radical (unpaired) electrons. The maximum atomic E-state index is 13.4. The Labute approximate surface area is 145 Å². The van der Waals surface area contributed by atoms with Gasteiger partial charge in [-0.3, -0.25) is 9.36 Å². The Morgan fingerprint density at radius 1 is 1.16 bits per heavy atom. The molecule has 0 bridgehead atoms. The standard InChI is InChI=1S/C21H20FNO2/c1-2-3-6-16-13-18-20(24)17-7-4-5-8-19(17)23(21(18)25-16)15-11-9-14(22)10-12-15/h4-5,7-12,16H,2-3,6,13H2,1H3. The van der Waals surface area contributed by atoms with Crippen molar-refractivity contribution in [1.29, 1.82) is 0 Å². The van der Waals surface area contributed by atoms with Gasteiger partial charge in [0.15, 0.2) is 5.43 Å². The molecule has 25 heavy (non-hydrogen) atoms. The Balaban J connectivity index is 1.94. The average Bonchev–Trinajstić information content (AvgIpc) is 3.06. The maximum Gasteiger partial charge on any atom is 0.206 e. The van der Waals surface area contributed by atoms with Crippen molar-refractivity contribution >= 4 is 10.9 Å². The molecule has 0 fully saturated rings. The summed E-state index contributed by atoms with van der Waals surface area (Å²) in [7, 11) is 0. The summed E-state index contributed by atoms with van der Waals surface area (Å²) in [6, 6.07) is 13.8. The van der Waals surface area contributed by atoms with Gasteiger partial charge in [-0.25, -0.2) is 4.39 Å². The van der Waals surface area contributed by atoms with Gasteiger partial charge in [0.1, 0.15) is 11.9 Å². The molecule has 2 aromatic carbocycles. The molecule has 128 valence electrons. The normalized spacial score (nSPS) is 16.0. The molecule has 0 aliphatic carbocycles. The largest absolute Gasteiger partial charge is 0.475 e. The Morgan fingerprint density at radius 3 is 2.68 bits per heavy atom. The lowest BCUT2D eigenvalue weighted by Crippen LogP contribution is -2.13. The second-order valence-corrected chi connectivity index (χ2v) is 6.53. The molecule has 1 atom stereocenters. The minimum Gasteiger partial charge on any atom is -0.475 e. The third-order valence-corrected chi connectivity index (χ3v) is 4.80. The summed E-state index contributed by atoms with van der Waals surface area (Å²) in [6.45, 7) is 2.15. The van der Waals surface area contributed by atoms with Gasteiger partial charge in [-0.2, -0.15) is 0 Å². The highest BCUT2D eigenvalue weighted by molar-refractivity contribution is 5.83. The van der Waals surface area contributed by atoms with Gasteiger partial charge in [-0.05, 0) is 42.8 Å². The first-order valence-corrected chi connectivity index (χ1v) is 8.78. The van der Waals surface area contributed by atoms with Crippen molar-refractivity contribution in [3.05, 3.63) is 70.1 Å². The summed E-state index contributed by atoms with van der Waals surface area (Å²) in [4.78, 5) is 12.9. The third kappa shape index (κ3) is 2.72. The van der Waals surface area contributed by atoms with Crippen LogP contribution in [-0.2, 0) is 6.42 Å². The number of nitrogens with zero attached hydrogens (tertiary/aromatic N) is 1. The summed E-state index contributed by atoms with van der Waals surface area (Å²) in [5, 5.41) is 0.672. The van der Waals surface area contributed by atoms with Crippen molar-refractivity contribution in [1.82, 2.24) is 4.57 Å². The van der Waals surface area contributed by atoms with E-state index in [0.717, 1.165) is 36.0 Å². The fourth-order valence-corrected chi connectivity index (χ4v) is 3.54. The van der Waals surface area contributed by atoms with Crippen molar-refractivity contribution in [2.75, 3.05) is 0 Å². The minimum absolute atomic E-state index is 0.0335. The predicted molar refractivity (Wildman–Crippen MR) is 97.1 cm³/mol. The molecule has 1 aromatic heterocycles. The molecule has 0 amide bonds. The second-order valence-electron chi connectivity index (χ2n) is 6.53. The zero-order valence-electron chi connectivity index (χ0n) is 14.2. The first kappa shape index (κ1) is 15.9. The molecular weight excluding hydrogens is 317 g/mol. The fraction of sp³-hybridized carbons (Fsp3) is 0.286. The molecule has 0 spiro atoms. The van der Waals surface area contributed by atoms with Crippen molar-refractivity contribution in [2.24, 2.45) is 0 Å². The van der Waals surface area contributed by atoms with Crippen LogP contribution in [0.5, 0.6) is 5.88 Å². The molecule has 0 saturated carbocycles. The van der Waals surface area contributed by atoms with E-state index in [0.29, 0.717) is 17.7 Å². The first-order chi connectivity index (χ1) is 12.2. The molecule has 0 N–H and O–H groups in total. The number of hydrogen-bond donors (Lipinski definition) is 0. The number of aromatic nitrogens is 1. The summed E-state index contributed by atoms with van der Waals surface area (Å²) in [5.74, 6) is 0.323. The Bertz CT molecular complexity index is 976. The molecule has 3 nitrogen and oxygen atoms in total. The molecule has 1 aliphatic heterocycles. The quantitative estimate of drug-likeness (QED) is 0.695. The highest BCUT2D eigenvalue weighted by atomic mass is 19.1. The molecule has 2 heterocycles. The molecule has 4 heteroatoms. The minimum atomic E-state index is -0.285. The zero-order chi connectivity index (χ0) is 17.4. The highest BCUT2D eigenvalue weighted by Crippen LogP contribution is 2.34. The number of benzene rings is 2. The summed E-state index contributed by atoms with van der Waals surface area (Å²) in [5.41, 5.74) is 2.35. The van der Waals surface area contributed by atoms with Gasteiger partial charge in [0, 0.05) is 17.5 Å². The van der Waals surface area contributed by atoms with Crippen LogP contribution in [0.2, 0.25) is 0 Å². The van der Waals surface area contributed by atoms with Gasteiger partial charge in [0.05, 0.1) is 11.1 Å². The van der Waals surface area contributed by atoms with Gasteiger partial charge in [0.2, 0.25) is 5.88 Å². The van der Waals surface area contributed by atoms with Crippen LogP contribution >= 0.6 is 0 Å². The van der Waals surface area contributed by atoms with E-state index in [-0.39, 0.29) is 17.3 Å². The molecular formula is C21H20FNO2. The number of para-hydroxylation sites is 1. The number of ether oxygens (including phenoxy) is 1. The van der Waals surface area contributed by atoms with E-state index in [4.69, 9.17) is 4.74 Å². The zero-order valence-corrected chi connectivity index (χ0v) is 14.2. The number of halogens is 1. The third-order valence-electron chi connectivity index (χ3n) is 4.80. The lowest BCUT2D eigenvalue weighted by atomic mass is 10.0. The SMILES string of the molecule is CCCCC1Cc2c(n(-c3ccc(F)cc3)c3ccccc3c2=O)O1. The van der Waals surface area contributed by atoms with E-state index >= 15 is 0 Å². The monoisotopic (exact) mass is 337 g/mol. The maximum absolute atomic E-state index is 13.4. The van der Waals surface area contributed by atoms with Crippen LogP contribution in [0.25, 0.3) is 16.6 Å². The predicted octanol–water partition coefficient (Wildman–Crippen LogP) is 4.62. The van der Waals surface area contributed by atoms with E-state index in [2.05, 4.69) is 6.92 Å².